The van der Waals surface area contributed by atoms with Crippen LogP contribution in [0, 0.1) is 11.3 Å². The van der Waals surface area contributed by atoms with E-state index in [9.17, 15) is 4.79 Å². The summed E-state index contributed by atoms with van der Waals surface area (Å²) in [5.41, 5.74) is 0.533. The first-order chi connectivity index (χ1) is 9.74. The standard InChI is InChI=1S/C14H20N4OS/c1-2-18(12-4-3-6-16-9-12)10-13(19)17-14-11(8-15)5-7-20-14/h5,7,12,16H,2-4,6,9-10H2,1H3,(H,17,19). The molecule has 0 aliphatic carbocycles. The summed E-state index contributed by atoms with van der Waals surface area (Å²) in [4.78, 5) is 14.3. The van der Waals surface area contributed by atoms with Crippen molar-refractivity contribution in [2.75, 3.05) is 31.5 Å². The summed E-state index contributed by atoms with van der Waals surface area (Å²) in [6.07, 6.45) is 2.29. The third-order valence-electron chi connectivity index (χ3n) is 3.58. The van der Waals surface area contributed by atoms with E-state index in [0.717, 1.165) is 32.5 Å². The number of hydrogen-bond acceptors (Lipinski definition) is 5. The highest BCUT2D eigenvalue weighted by Crippen LogP contribution is 2.22. The zero-order valence-electron chi connectivity index (χ0n) is 11.7. The first-order valence-electron chi connectivity index (χ1n) is 6.96. The summed E-state index contributed by atoms with van der Waals surface area (Å²) in [5, 5.41) is 17.6. The van der Waals surface area contributed by atoms with Crippen molar-refractivity contribution in [3.63, 3.8) is 0 Å². The van der Waals surface area contributed by atoms with Gasteiger partial charge >= 0.3 is 0 Å². The molecule has 0 radical (unpaired) electrons. The number of carbonyl (C=O) groups excluding carboxylic acids is 1. The highest BCUT2D eigenvalue weighted by atomic mass is 32.1. The summed E-state index contributed by atoms with van der Waals surface area (Å²) in [6.45, 7) is 5.33. The summed E-state index contributed by atoms with van der Waals surface area (Å²) in [7, 11) is 0. The molecule has 20 heavy (non-hydrogen) atoms. The van der Waals surface area contributed by atoms with Gasteiger partial charge in [0.1, 0.15) is 11.1 Å². The molecule has 1 fully saturated rings. The lowest BCUT2D eigenvalue weighted by Crippen LogP contribution is -2.48. The third-order valence-corrected chi connectivity index (χ3v) is 4.41. The molecule has 0 bridgehead atoms. The van der Waals surface area contributed by atoms with Gasteiger partial charge in [-0.05, 0) is 37.4 Å². The van der Waals surface area contributed by atoms with Crippen molar-refractivity contribution in [3.05, 3.63) is 17.0 Å². The van der Waals surface area contributed by atoms with E-state index in [2.05, 4.69) is 28.5 Å². The fourth-order valence-corrected chi connectivity index (χ4v) is 3.24. The van der Waals surface area contributed by atoms with E-state index >= 15 is 0 Å². The van der Waals surface area contributed by atoms with E-state index in [0.29, 0.717) is 23.2 Å². The fraction of sp³-hybridized carbons (Fsp3) is 0.571. The molecule has 1 atom stereocenters. The number of nitriles is 1. The number of amides is 1. The first-order valence-corrected chi connectivity index (χ1v) is 7.84. The molecule has 1 amide bonds. The number of thiophene rings is 1. The van der Waals surface area contributed by atoms with Crippen molar-refractivity contribution in [1.29, 1.82) is 5.26 Å². The van der Waals surface area contributed by atoms with Crippen molar-refractivity contribution in [3.8, 4) is 6.07 Å². The highest BCUT2D eigenvalue weighted by molar-refractivity contribution is 7.14. The molecule has 2 rings (SSSR count). The van der Waals surface area contributed by atoms with Gasteiger partial charge in [0.05, 0.1) is 12.1 Å². The predicted molar refractivity (Wildman–Crippen MR) is 80.8 cm³/mol. The minimum atomic E-state index is -0.0450. The molecular formula is C14H20N4OS. The van der Waals surface area contributed by atoms with E-state index in [1.54, 1.807) is 6.07 Å². The number of hydrogen-bond donors (Lipinski definition) is 2. The molecule has 1 unspecified atom stereocenters. The van der Waals surface area contributed by atoms with Crippen LogP contribution in [0.25, 0.3) is 0 Å². The van der Waals surface area contributed by atoms with Crippen molar-refractivity contribution in [2.24, 2.45) is 0 Å². The number of piperidine rings is 1. The Hall–Kier alpha value is -1.42. The Balaban J connectivity index is 1.90. The number of nitrogens with zero attached hydrogens (tertiary/aromatic N) is 2. The molecule has 1 aliphatic heterocycles. The topological polar surface area (TPSA) is 68.2 Å². The van der Waals surface area contributed by atoms with Gasteiger partial charge in [0.25, 0.3) is 0 Å². The van der Waals surface area contributed by atoms with Gasteiger partial charge in [0, 0.05) is 12.6 Å². The minimum absolute atomic E-state index is 0.0450. The van der Waals surface area contributed by atoms with Crippen LogP contribution in [0.5, 0.6) is 0 Å². The van der Waals surface area contributed by atoms with Crippen LogP contribution in [0.4, 0.5) is 5.00 Å². The van der Waals surface area contributed by atoms with E-state index < -0.39 is 0 Å². The molecule has 108 valence electrons. The summed E-state index contributed by atoms with van der Waals surface area (Å²) in [5.74, 6) is -0.0450. The Kier molecular flexibility index (Phi) is 5.53. The van der Waals surface area contributed by atoms with Crippen molar-refractivity contribution < 1.29 is 4.79 Å². The van der Waals surface area contributed by atoms with Crippen LogP contribution in [0.15, 0.2) is 11.4 Å². The summed E-state index contributed by atoms with van der Waals surface area (Å²) in [6, 6.07) is 4.24. The second kappa shape index (κ2) is 7.39. The molecular weight excluding hydrogens is 272 g/mol. The van der Waals surface area contributed by atoms with Gasteiger partial charge in [-0.1, -0.05) is 6.92 Å². The molecule has 0 spiro atoms. The molecule has 0 saturated carbocycles. The second-order valence-corrected chi connectivity index (χ2v) is 5.80. The van der Waals surface area contributed by atoms with Crippen LogP contribution in [-0.2, 0) is 4.79 Å². The fourth-order valence-electron chi connectivity index (χ4n) is 2.49. The van der Waals surface area contributed by atoms with Crippen LogP contribution in [0.1, 0.15) is 25.3 Å². The number of rotatable bonds is 5. The quantitative estimate of drug-likeness (QED) is 0.865. The Morgan fingerprint density at radius 3 is 3.20 bits per heavy atom. The van der Waals surface area contributed by atoms with Gasteiger partial charge in [-0.15, -0.1) is 11.3 Å². The molecule has 2 heterocycles. The Morgan fingerprint density at radius 1 is 1.70 bits per heavy atom. The first kappa shape index (κ1) is 15.0. The van der Waals surface area contributed by atoms with Crippen LogP contribution in [0.2, 0.25) is 0 Å². The smallest absolute Gasteiger partial charge is 0.239 e. The van der Waals surface area contributed by atoms with Gasteiger partial charge < -0.3 is 10.6 Å². The molecule has 5 nitrogen and oxygen atoms in total. The zero-order valence-corrected chi connectivity index (χ0v) is 12.5. The maximum atomic E-state index is 12.1. The number of carbonyl (C=O) groups is 1. The van der Waals surface area contributed by atoms with Gasteiger partial charge in [-0.25, -0.2) is 0 Å². The Morgan fingerprint density at radius 2 is 2.55 bits per heavy atom. The molecule has 2 N–H and O–H groups in total. The maximum Gasteiger partial charge on any atom is 0.239 e. The van der Waals surface area contributed by atoms with Gasteiger partial charge in [-0.3, -0.25) is 9.69 Å². The van der Waals surface area contributed by atoms with E-state index in [1.165, 1.54) is 11.3 Å². The average Bonchev–Trinajstić information content (AvgIpc) is 2.92. The molecule has 1 aromatic heterocycles. The van der Waals surface area contributed by atoms with Crippen LogP contribution in [0.3, 0.4) is 0 Å². The zero-order chi connectivity index (χ0) is 14.4. The SMILES string of the molecule is CCN(CC(=O)Nc1sccc1C#N)C1CCCNC1. The van der Waals surface area contributed by atoms with Crippen LogP contribution >= 0.6 is 11.3 Å². The number of likely N-dealkylation sites (N-methyl/N-ethyl adjacent to an activating group) is 1. The van der Waals surface area contributed by atoms with Crippen LogP contribution < -0.4 is 10.6 Å². The van der Waals surface area contributed by atoms with Crippen molar-refractivity contribution >= 4 is 22.2 Å². The van der Waals surface area contributed by atoms with E-state index in [1.807, 2.05) is 5.38 Å². The van der Waals surface area contributed by atoms with E-state index in [-0.39, 0.29) is 5.91 Å². The minimum Gasteiger partial charge on any atom is -0.315 e. The highest BCUT2D eigenvalue weighted by Gasteiger charge is 2.22. The lowest BCUT2D eigenvalue weighted by atomic mass is 10.1. The molecule has 0 aromatic carbocycles. The number of anilines is 1. The van der Waals surface area contributed by atoms with Crippen LogP contribution in [-0.4, -0.2) is 43.0 Å². The average molecular weight is 292 g/mol. The molecule has 1 saturated heterocycles. The van der Waals surface area contributed by atoms with E-state index in [4.69, 9.17) is 5.26 Å². The Bertz CT molecular complexity index is 488. The monoisotopic (exact) mass is 292 g/mol. The number of nitrogens with one attached hydrogen (secondary N) is 2. The van der Waals surface area contributed by atoms with Crippen molar-refractivity contribution in [1.82, 2.24) is 10.2 Å². The lowest BCUT2D eigenvalue weighted by Gasteiger charge is -2.33. The normalized spacial score (nSPS) is 18.8. The largest absolute Gasteiger partial charge is 0.315 e. The summed E-state index contributed by atoms with van der Waals surface area (Å²) < 4.78 is 0. The Labute approximate surface area is 123 Å². The predicted octanol–water partition coefficient (Wildman–Crippen LogP) is 1.63. The molecule has 6 heteroatoms. The van der Waals surface area contributed by atoms with Gasteiger partial charge in [0.15, 0.2) is 0 Å². The lowest BCUT2D eigenvalue weighted by molar-refractivity contribution is -0.117. The molecule has 1 aromatic rings. The second-order valence-electron chi connectivity index (χ2n) is 4.89. The van der Waals surface area contributed by atoms with Gasteiger partial charge in [0.2, 0.25) is 5.91 Å². The maximum absolute atomic E-state index is 12.1. The third kappa shape index (κ3) is 3.79. The summed E-state index contributed by atoms with van der Waals surface area (Å²) >= 11 is 1.39. The van der Waals surface area contributed by atoms with Crippen molar-refractivity contribution in [2.45, 2.75) is 25.8 Å². The molecule has 1 aliphatic rings. The van der Waals surface area contributed by atoms with Gasteiger partial charge in [-0.2, -0.15) is 5.26 Å².